The minimum Gasteiger partial charge on any atom is -0.251 e. The zero-order valence-corrected chi connectivity index (χ0v) is 12.6. The van der Waals surface area contributed by atoms with Crippen molar-refractivity contribution in [1.82, 2.24) is 0 Å². The third kappa shape index (κ3) is 3.09. The van der Waals surface area contributed by atoms with Gasteiger partial charge in [0, 0.05) is 0 Å². The number of benzene rings is 2. The van der Waals surface area contributed by atoms with E-state index in [0.717, 1.165) is 11.1 Å². The topological polar surface area (TPSA) is 29.5 Å². The van der Waals surface area contributed by atoms with Crippen LogP contribution < -0.4 is 0 Å². The highest BCUT2D eigenvalue weighted by atomic mass is 17.1. The first-order valence-corrected chi connectivity index (χ1v) is 6.97. The van der Waals surface area contributed by atoms with Crippen LogP contribution in [-0.2, 0) is 10.5 Å². The Hall–Kier alpha value is -1.64. The molecular formula is C18H22O2. The van der Waals surface area contributed by atoms with Crippen molar-refractivity contribution >= 4 is 0 Å². The zero-order valence-electron chi connectivity index (χ0n) is 12.6. The average molecular weight is 270 g/mol. The van der Waals surface area contributed by atoms with Crippen molar-refractivity contribution in [1.29, 1.82) is 0 Å². The number of rotatable bonds is 4. The van der Waals surface area contributed by atoms with E-state index >= 15 is 0 Å². The highest BCUT2D eigenvalue weighted by molar-refractivity contribution is 5.64. The third-order valence-corrected chi connectivity index (χ3v) is 3.72. The molecule has 0 saturated carbocycles. The van der Waals surface area contributed by atoms with Gasteiger partial charge in [0.15, 0.2) is 0 Å². The van der Waals surface area contributed by atoms with Crippen LogP contribution in [0.25, 0.3) is 11.1 Å². The molecule has 2 rings (SSSR count). The fourth-order valence-electron chi connectivity index (χ4n) is 2.18. The summed E-state index contributed by atoms with van der Waals surface area (Å²) in [4.78, 5) is 4.51. The quantitative estimate of drug-likeness (QED) is 0.611. The SMILES string of the molecule is CC(C)c1ccc(-c2ccc(C(C)(C)OO)cc2)cc1. The molecule has 0 aliphatic rings. The van der Waals surface area contributed by atoms with Gasteiger partial charge in [-0.1, -0.05) is 62.4 Å². The van der Waals surface area contributed by atoms with Crippen molar-refractivity contribution in [2.24, 2.45) is 0 Å². The maximum Gasteiger partial charge on any atom is 0.123 e. The van der Waals surface area contributed by atoms with Gasteiger partial charge in [0.25, 0.3) is 0 Å². The van der Waals surface area contributed by atoms with Crippen molar-refractivity contribution in [2.45, 2.75) is 39.2 Å². The minimum absolute atomic E-state index is 0.550. The highest BCUT2D eigenvalue weighted by Crippen LogP contribution is 2.27. The van der Waals surface area contributed by atoms with Crippen molar-refractivity contribution in [2.75, 3.05) is 0 Å². The zero-order chi connectivity index (χ0) is 14.8. The van der Waals surface area contributed by atoms with E-state index in [0.29, 0.717) is 5.92 Å². The van der Waals surface area contributed by atoms with Crippen LogP contribution in [0, 0.1) is 0 Å². The summed E-state index contributed by atoms with van der Waals surface area (Å²) < 4.78 is 0. The van der Waals surface area contributed by atoms with Crippen LogP contribution in [0.4, 0.5) is 0 Å². The molecule has 0 heterocycles. The molecule has 106 valence electrons. The second kappa shape index (κ2) is 5.78. The molecule has 0 aliphatic heterocycles. The van der Waals surface area contributed by atoms with E-state index in [1.54, 1.807) is 0 Å². The molecule has 0 radical (unpaired) electrons. The summed E-state index contributed by atoms with van der Waals surface area (Å²) in [5.41, 5.74) is 3.98. The maximum atomic E-state index is 8.92. The van der Waals surface area contributed by atoms with E-state index in [2.05, 4.69) is 55.1 Å². The van der Waals surface area contributed by atoms with E-state index in [9.17, 15) is 0 Å². The van der Waals surface area contributed by atoms with Crippen molar-refractivity contribution < 1.29 is 10.1 Å². The van der Waals surface area contributed by atoms with Crippen LogP contribution in [0.15, 0.2) is 48.5 Å². The lowest BCUT2D eigenvalue weighted by molar-refractivity contribution is -0.318. The Bertz CT molecular complexity index is 551. The fraction of sp³-hybridized carbons (Fsp3) is 0.333. The van der Waals surface area contributed by atoms with E-state index in [-0.39, 0.29) is 0 Å². The summed E-state index contributed by atoms with van der Waals surface area (Å²) in [7, 11) is 0. The Kier molecular flexibility index (Phi) is 4.26. The Balaban J connectivity index is 2.26. The van der Waals surface area contributed by atoms with E-state index in [4.69, 9.17) is 5.26 Å². The van der Waals surface area contributed by atoms with Crippen molar-refractivity contribution in [3.05, 3.63) is 59.7 Å². The molecule has 0 bridgehead atoms. The smallest absolute Gasteiger partial charge is 0.123 e. The molecule has 0 atom stereocenters. The first-order chi connectivity index (χ1) is 9.44. The van der Waals surface area contributed by atoms with Crippen LogP contribution in [-0.4, -0.2) is 5.26 Å². The van der Waals surface area contributed by atoms with Gasteiger partial charge in [0.05, 0.1) is 0 Å². The molecule has 0 unspecified atom stereocenters. The second-order valence-electron chi connectivity index (χ2n) is 5.96. The van der Waals surface area contributed by atoms with E-state index < -0.39 is 5.60 Å². The van der Waals surface area contributed by atoms with Crippen molar-refractivity contribution in [3.8, 4) is 11.1 Å². The summed E-state index contributed by atoms with van der Waals surface area (Å²) in [5.74, 6) is 0.550. The molecule has 20 heavy (non-hydrogen) atoms. The number of hydrogen-bond donors (Lipinski definition) is 1. The van der Waals surface area contributed by atoms with Crippen LogP contribution in [0.5, 0.6) is 0 Å². The lowest BCUT2D eigenvalue weighted by atomic mass is 9.94. The summed E-state index contributed by atoms with van der Waals surface area (Å²) >= 11 is 0. The Morgan fingerprint density at radius 2 is 1.30 bits per heavy atom. The summed E-state index contributed by atoms with van der Waals surface area (Å²) in [5, 5.41) is 8.92. The molecule has 0 aliphatic carbocycles. The van der Waals surface area contributed by atoms with Gasteiger partial charge in [-0.25, -0.2) is 4.89 Å². The lowest BCUT2D eigenvalue weighted by Crippen LogP contribution is -2.19. The highest BCUT2D eigenvalue weighted by Gasteiger charge is 2.21. The van der Waals surface area contributed by atoms with Gasteiger partial charge in [0.2, 0.25) is 0 Å². The first kappa shape index (κ1) is 14.8. The Morgan fingerprint density at radius 3 is 1.70 bits per heavy atom. The van der Waals surface area contributed by atoms with Gasteiger partial charge in [-0.3, -0.25) is 5.26 Å². The monoisotopic (exact) mass is 270 g/mol. The molecule has 0 amide bonds. The fourth-order valence-corrected chi connectivity index (χ4v) is 2.18. The number of hydrogen-bond acceptors (Lipinski definition) is 2. The lowest BCUT2D eigenvalue weighted by Gasteiger charge is -2.21. The molecule has 2 nitrogen and oxygen atoms in total. The summed E-state index contributed by atoms with van der Waals surface area (Å²) in [6.07, 6.45) is 0. The standard InChI is InChI=1S/C18H22O2/c1-13(2)14-5-7-15(8-6-14)16-9-11-17(12-10-16)18(3,4)20-19/h5-13,19H,1-4H3. The van der Waals surface area contributed by atoms with E-state index in [1.165, 1.54) is 11.1 Å². The summed E-state index contributed by atoms with van der Waals surface area (Å²) in [6.45, 7) is 8.06. The third-order valence-electron chi connectivity index (χ3n) is 3.72. The van der Waals surface area contributed by atoms with Gasteiger partial charge in [-0.15, -0.1) is 0 Å². The first-order valence-electron chi connectivity index (χ1n) is 6.97. The van der Waals surface area contributed by atoms with E-state index in [1.807, 2.05) is 26.0 Å². The average Bonchev–Trinajstić information content (AvgIpc) is 2.47. The van der Waals surface area contributed by atoms with Gasteiger partial charge in [0.1, 0.15) is 5.60 Å². The predicted octanol–water partition coefficient (Wildman–Crippen LogP) is 5.20. The molecule has 2 aromatic carbocycles. The maximum absolute atomic E-state index is 8.92. The second-order valence-corrected chi connectivity index (χ2v) is 5.96. The molecule has 0 aromatic heterocycles. The molecule has 0 spiro atoms. The minimum atomic E-state index is -0.681. The van der Waals surface area contributed by atoms with Gasteiger partial charge < -0.3 is 0 Å². The largest absolute Gasteiger partial charge is 0.251 e. The molecule has 0 saturated heterocycles. The molecule has 0 fully saturated rings. The van der Waals surface area contributed by atoms with Crippen LogP contribution in [0.3, 0.4) is 0 Å². The normalized spacial score (nSPS) is 11.9. The van der Waals surface area contributed by atoms with Crippen LogP contribution >= 0.6 is 0 Å². The van der Waals surface area contributed by atoms with Gasteiger partial charge in [-0.05, 0) is 42.0 Å². The summed E-state index contributed by atoms with van der Waals surface area (Å²) in [6, 6.07) is 16.7. The van der Waals surface area contributed by atoms with Gasteiger partial charge in [-0.2, -0.15) is 0 Å². The predicted molar refractivity (Wildman–Crippen MR) is 82.7 cm³/mol. The van der Waals surface area contributed by atoms with Crippen molar-refractivity contribution in [3.63, 3.8) is 0 Å². The Labute approximate surface area is 121 Å². The molecular weight excluding hydrogens is 248 g/mol. The van der Waals surface area contributed by atoms with Gasteiger partial charge >= 0.3 is 0 Å². The molecule has 1 N–H and O–H groups in total. The van der Waals surface area contributed by atoms with Crippen LogP contribution in [0.2, 0.25) is 0 Å². The van der Waals surface area contributed by atoms with Crippen LogP contribution in [0.1, 0.15) is 44.7 Å². The molecule has 2 heteroatoms. The molecule has 2 aromatic rings. The Morgan fingerprint density at radius 1 is 0.850 bits per heavy atom.